The molecule has 170 valence electrons. The Balaban J connectivity index is 2.31. The number of nitrogens with zero attached hydrogens (tertiary/aromatic N) is 1. The van der Waals surface area contributed by atoms with Crippen molar-refractivity contribution in [3.05, 3.63) is 64.7 Å². The first-order chi connectivity index (χ1) is 15.0. The number of hydrogen-bond acceptors (Lipinski definition) is 6. The van der Waals surface area contributed by atoms with E-state index in [4.69, 9.17) is 4.74 Å². The smallest absolute Gasteiger partial charge is 0.253 e. The Hall–Kier alpha value is -3.26. The van der Waals surface area contributed by atoms with Crippen molar-refractivity contribution in [2.24, 2.45) is 0 Å². The Kier molecular flexibility index (Phi) is 8.48. The standard InChI is InChI=1S/C24H29N3O4S/c1-7-16(9-8-15(2)28)21(29)26-20(17-10-12-18(31-6)13-11-17)22(30)27-23-25-14-19(32-23)24(3,4)5/h7-14,20H,1-6H3,(H,26,29)(H,25,27,30)/b9-8-,16-7+. The third kappa shape index (κ3) is 6.88. The van der Waals surface area contributed by atoms with Crippen molar-refractivity contribution in [2.75, 3.05) is 12.4 Å². The van der Waals surface area contributed by atoms with Crippen LogP contribution in [0.5, 0.6) is 5.75 Å². The number of carbonyl (C=O) groups is 3. The second kappa shape index (κ2) is 10.9. The molecule has 7 nitrogen and oxygen atoms in total. The first kappa shape index (κ1) is 25.0. The summed E-state index contributed by atoms with van der Waals surface area (Å²) in [6, 6.07) is 5.89. The van der Waals surface area contributed by atoms with Gasteiger partial charge in [-0.3, -0.25) is 19.7 Å². The highest BCUT2D eigenvalue weighted by Gasteiger charge is 2.25. The van der Waals surface area contributed by atoms with Crippen molar-refractivity contribution in [1.29, 1.82) is 0 Å². The van der Waals surface area contributed by atoms with E-state index in [0.717, 1.165) is 4.88 Å². The van der Waals surface area contributed by atoms with Crippen molar-refractivity contribution in [3.63, 3.8) is 0 Å². The minimum absolute atomic E-state index is 0.0892. The molecule has 1 unspecified atom stereocenters. The third-order valence-corrected chi connectivity index (χ3v) is 5.87. The highest BCUT2D eigenvalue weighted by molar-refractivity contribution is 7.15. The maximum absolute atomic E-state index is 13.2. The molecule has 0 bridgehead atoms. The van der Waals surface area contributed by atoms with Crippen molar-refractivity contribution < 1.29 is 19.1 Å². The molecule has 1 heterocycles. The van der Waals surface area contributed by atoms with Gasteiger partial charge in [-0.2, -0.15) is 0 Å². The zero-order valence-corrected chi connectivity index (χ0v) is 20.0. The van der Waals surface area contributed by atoms with Gasteiger partial charge >= 0.3 is 0 Å². The molecule has 1 atom stereocenters. The molecule has 0 aliphatic carbocycles. The van der Waals surface area contributed by atoms with Gasteiger partial charge in [-0.05, 0) is 49.1 Å². The lowest BCUT2D eigenvalue weighted by molar-refractivity contribution is -0.124. The van der Waals surface area contributed by atoms with Gasteiger partial charge in [-0.15, -0.1) is 11.3 Å². The monoisotopic (exact) mass is 455 g/mol. The number of carbonyl (C=O) groups excluding carboxylic acids is 3. The maximum atomic E-state index is 13.2. The second-order valence-electron chi connectivity index (χ2n) is 8.14. The van der Waals surface area contributed by atoms with Gasteiger partial charge in [0.25, 0.3) is 11.8 Å². The van der Waals surface area contributed by atoms with E-state index in [1.807, 2.05) is 0 Å². The summed E-state index contributed by atoms with van der Waals surface area (Å²) in [6.45, 7) is 9.29. The van der Waals surface area contributed by atoms with Crippen LogP contribution < -0.4 is 15.4 Å². The number of ketones is 1. The van der Waals surface area contributed by atoms with Crippen molar-refractivity contribution in [2.45, 2.75) is 46.1 Å². The number of nitrogens with one attached hydrogen (secondary N) is 2. The summed E-state index contributed by atoms with van der Waals surface area (Å²) in [5.74, 6) is -0.452. The zero-order valence-electron chi connectivity index (χ0n) is 19.2. The van der Waals surface area contributed by atoms with E-state index in [-0.39, 0.29) is 16.8 Å². The summed E-state index contributed by atoms with van der Waals surface area (Å²) in [5, 5.41) is 6.02. The van der Waals surface area contributed by atoms with Crippen LogP contribution in [0.25, 0.3) is 0 Å². The predicted octanol–water partition coefficient (Wildman–Crippen LogP) is 4.34. The topological polar surface area (TPSA) is 97.4 Å². The minimum atomic E-state index is -0.976. The van der Waals surface area contributed by atoms with Gasteiger partial charge in [-0.1, -0.05) is 39.0 Å². The zero-order chi connectivity index (χ0) is 23.9. The van der Waals surface area contributed by atoms with E-state index >= 15 is 0 Å². The van der Waals surface area contributed by atoms with Gasteiger partial charge in [0, 0.05) is 16.6 Å². The number of thiazole rings is 1. The molecule has 0 fully saturated rings. The van der Waals surface area contributed by atoms with Crippen LogP contribution in [0.2, 0.25) is 0 Å². The Labute approximate surface area is 192 Å². The van der Waals surface area contributed by atoms with Crippen LogP contribution in [0.3, 0.4) is 0 Å². The molecule has 1 aromatic heterocycles. The van der Waals surface area contributed by atoms with Crippen LogP contribution in [-0.2, 0) is 19.8 Å². The highest BCUT2D eigenvalue weighted by atomic mass is 32.1. The number of allylic oxidation sites excluding steroid dienone is 2. The fraction of sp³-hybridized carbons (Fsp3) is 0.333. The Morgan fingerprint density at radius 2 is 1.78 bits per heavy atom. The predicted molar refractivity (Wildman–Crippen MR) is 127 cm³/mol. The van der Waals surface area contributed by atoms with E-state index < -0.39 is 17.9 Å². The largest absolute Gasteiger partial charge is 0.497 e. The number of ether oxygens (including phenoxy) is 1. The van der Waals surface area contributed by atoms with Gasteiger partial charge in [0.2, 0.25) is 0 Å². The average Bonchev–Trinajstić information content (AvgIpc) is 3.21. The Morgan fingerprint density at radius 1 is 1.12 bits per heavy atom. The van der Waals surface area contributed by atoms with Crippen molar-refractivity contribution in [3.8, 4) is 5.75 Å². The molecule has 0 spiro atoms. The lowest BCUT2D eigenvalue weighted by atomic mass is 9.96. The molecule has 0 saturated carbocycles. The Morgan fingerprint density at radius 3 is 2.28 bits per heavy atom. The first-order valence-corrected chi connectivity index (χ1v) is 10.9. The molecule has 1 aromatic carbocycles. The summed E-state index contributed by atoms with van der Waals surface area (Å²) < 4.78 is 5.18. The second-order valence-corrected chi connectivity index (χ2v) is 9.17. The summed E-state index contributed by atoms with van der Waals surface area (Å²) in [4.78, 5) is 42.6. The summed E-state index contributed by atoms with van der Waals surface area (Å²) >= 11 is 1.39. The highest BCUT2D eigenvalue weighted by Crippen LogP contribution is 2.30. The number of anilines is 1. The molecule has 0 aliphatic rings. The molecule has 2 aromatic rings. The number of aromatic nitrogens is 1. The SMILES string of the molecule is C/C=C(\C=C/C(C)=O)C(=O)NC(C(=O)Nc1ncc(C(C)(C)C)s1)c1ccc(OC)cc1. The van der Waals surface area contributed by atoms with E-state index in [1.54, 1.807) is 50.6 Å². The van der Waals surface area contributed by atoms with Gasteiger partial charge in [0.15, 0.2) is 10.9 Å². The summed E-state index contributed by atoms with van der Waals surface area (Å²) in [7, 11) is 1.55. The Bertz CT molecular complexity index is 1030. The third-order valence-electron chi connectivity index (χ3n) is 4.53. The lowest BCUT2D eigenvalue weighted by Crippen LogP contribution is -2.37. The maximum Gasteiger partial charge on any atom is 0.253 e. The number of rotatable bonds is 8. The van der Waals surface area contributed by atoms with Crippen LogP contribution in [0, 0.1) is 0 Å². The van der Waals surface area contributed by atoms with Gasteiger partial charge in [0.1, 0.15) is 11.8 Å². The van der Waals surface area contributed by atoms with E-state index in [9.17, 15) is 14.4 Å². The molecule has 2 amide bonds. The summed E-state index contributed by atoms with van der Waals surface area (Å²) in [5.41, 5.74) is 0.764. The van der Waals surface area contributed by atoms with Crippen LogP contribution in [0.15, 0.2) is 54.3 Å². The molecule has 0 aliphatic heterocycles. The molecule has 8 heteroatoms. The molecule has 2 N–H and O–H groups in total. The lowest BCUT2D eigenvalue weighted by Gasteiger charge is -2.19. The van der Waals surface area contributed by atoms with Crippen molar-refractivity contribution >= 4 is 34.1 Å². The van der Waals surface area contributed by atoms with E-state index in [1.165, 1.54) is 30.4 Å². The van der Waals surface area contributed by atoms with Gasteiger partial charge in [0.05, 0.1) is 7.11 Å². The minimum Gasteiger partial charge on any atom is -0.497 e. The molecule has 2 rings (SSSR count). The van der Waals surface area contributed by atoms with Gasteiger partial charge < -0.3 is 10.1 Å². The average molecular weight is 456 g/mol. The fourth-order valence-electron chi connectivity index (χ4n) is 2.68. The molecular formula is C24H29N3O4S. The molecule has 32 heavy (non-hydrogen) atoms. The van der Waals surface area contributed by atoms with Crippen LogP contribution in [0.4, 0.5) is 5.13 Å². The molecular weight excluding hydrogens is 426 g/mol. The number of methoxy groups -OCH3 is 1. The van der Waals surface area contributed by atoms with Crippen LogP contribution in [-0.4, -0.2) is 29.7 Å². The van der Waals surface area contributed by atoms with E-state index in [0.29, 0.717) is 16.4 Å². The first-order valence-electron chi connectivity index (χ1n) is 10.1. The number of benzene rings is 1. The molecule has 0 radical (unpaired) electrons. The number of amides is 2. The van der Waals surface area contributed by atoms with E-state index in [2.05, 4.69) is 36.4 Å². The number of hydrogen-bond donors (Lipinski definition) is 2. The van der Waals surface area contributed by atoms with Gasteiger partial charge in [-0.25, -0.2) is 4.98 Å². The summed E-state index contributed by atoms with van der Waals surface area (Å²) in [6.07, 6.45) is 6.05. The van der Waals surface area contributed by atoms with Crippen LogP contribution >= 0.6 is 11.3 Å². The fourth-order valence-corrected chi connectivity index (χ4v) is 3.55. The van der Waals surface area contributed by atoms with Crippen molar-refractivity contribution in [1.82, 2.24) is 10.3 Å². The quantitative estimate of drug-likeness (QED) is 0.456. The van der Waals surface area contributed by atoms with Crippen LogP contribution in [0.1, 0.15) is 51.1 Å². The molecule has 0 saturated heterocycles. The normalized spacial score (nSPS) is 13.0.